The second-order valence-electron chi connectivity index (χ2n) is 5.95. The normalized spacial score (nSPS) is 11.2. The van der Waals surface area contributed by atoms with Crippen molar-refractivity contribution < 1.29 is 9.26 Å². The number of methoxy groups -OCH3 is 1. The third-order valence-corrected chi connectivity index (χ3v) is 4.22. The van der Waals surface area contributed by atoms with Crippen LogP contribution in [-0.2, 0) is 7.05 Å². The summed E-state index contributed by atoms with van der Waals surface area (Å²) in [6.45, 7) is 0. The second kappa shape index (κ2) is 7.29. The van der Waals surface area contributed by atoms with E-state index in [0.717, 1.165) is 28.1 Å². The Hall–Kier alpha value is -3.67. The lowest BCUT2D eigenvalue weighted by molar-refractivity contribution is 0.411. The van der Waals surface area contributed by atoms with Gasteiger partial charge in [0.25, 0.3) is 5.89 Å². The molecule has 134 valence electrons. The average molecular weight is 358 g/mol. The summed E-state index contributed by atoms with van der Waals surface area (Å²) >= 11 is 0. The zero-order chi connectivity index (χ0) is 18.6. The number of hydrogen-bond acceptors (Lipinski definition) is 5. The topological polar surface area (TPSA) is 66.0 Å². The van der Waals surface area contributed by atoms with E-state index in [0.29, 0.717) is 11.7 Å². The van der Waals surface area contributed by atoms with Crippen LogP contribution in [0.1, 0.15) is 11.5 Å². The summed E-state index contributed by atoms with van der Waals surface area (Å²) in [6, 6.07) is 17.7. The van der Waals surface area contributed by atoms with Crippen molar-refractivity contribution in [3.63, 3.8) is 0 Å². The summed E-state index contributed by atoms with van der Waals surface area (Å²) in [5, 5.41) is 8.31. The van der Waals surface area contributed by atoms with Crippen LogP contribution in [0.5, 0.6) is 5.75 Å². The van der Waals surface area contributed by atoms with E-state index in [2.05, 4.69) is 15.2 Å². The Morgan fingerprint density at radius 1 is 1.00 bits per heavy atom. The first kappa shape index (κ1) is 16.8. The van der Waals surface area contributed by atoms with Gasteiger partial charge in [0, 0.05) is 36.0 Å². The standard InChI is InChI=1S/C21H18N4O2/c1-25-18(12-13-22-25)16-7-5-8-17(14-16)21-23-20(27-24-21)11-10-15-6-3-4-9-19(15)26-2/h3-14H,1-2H3/b11-10+. The highest BCUT2D eigenvalue weighted by Crippen LogP contribution is 2.25. The molecule has 0 amide bonds. The van der Waals surface area contributed by atoms with Gasteiger partial charge in [0.2, 0.25) is 5.82 Å². The van der Waals surface area contributed by atoms with E-state index in [9.17, 15) is 0 Å². The van der Waals surface area contributed by atoms with Gasteiger partial charge in [-0.3, -0.25) is 4.68 Å². The Morgan fingerprint density at radius 3 is 2.67 bits per heavy atom. The predicted molar refractivity (Wildman–Crippen MR) is 104 cm³/mol. The molecule has 0 spiro atoms. The number of benzene rings is 2. The van der Waals surface area contributed by atoms with Crippen LogP contribution < -0.4 is 4.74 Å². The predicted octanol–water partition coefficient (Wildman–Crippen LogP) is 4.32. The van der Waals surface area contributed by atoms with E-state index in [1.807, 2.05) is 72.4 Å². The summed E-state index contributed by atoms with van der Waals surface area (Å²) < 4.78 is 12.5. The van der Waals surface area contributed by atoms with Crippen molar-refractivity contribution in [2.45, 2.75) is 0 Å². The molecule has 6 nitrogen and oxygen atoms in total. The molecule has 0 aliphatic rings. The Balaban J connectivity index is 1.60. The third kappa shape index (κ3) is 3.50. The summed E-state index contributed by atoms with van der Waals surface area (Å²) in [7, 11) is 3.56. The molecule has 4 aromatic rings. The van der Waals surface area contributed by atoms with E-state index in [4.69, 9.17) is 9.26 Å². The summed E-state index contributed by atoms with van der Waals surface area (Å²) in [4.78, 5) is 4.47. The molecule has 0 radical (unpaired) electrons. The van der Waals surface area contributed by atoms with Crippen LogP contribution in [0.15, 0.2) is 65.3 Å². The quantitative estimate of drug-likeness (QED) is 0.532. The van der Waals surface area contributed by atoms with Crippen molar-refractivity contribution in [2.24, 2.45) is 7.05 Å². The lowest BCUT2D eigenvalue weighted by Gasteiger charge is -2.03. The van der Waals surface area contributed by atoms with E-state index < -0.39 is 0 Å². The number of rotatable bonds is 5. The van der Waals surface area contributed by atoms with Gasteiger partial charge in [-0.05, 0) is 24.3 Å². The van der Waals surface area contributed by atoms with Crippen molar-refractivity contribution in [3.05, 3.63) is 72.2 Å². The zero-order valence-electron chi connectivity index (χ0n) is 15.0. The summed E-state index contributed by atoms with van der Waals surface area (Å²) in [6.07, 6.45) is 5.44. The van der Waals surface area contributed by atoms with E-state index in [-0.39, 0.29) is 0 Å². The Morgan fingerprint density at radius 2 is 1.85 bits per heavy atom. The zero-order valence-corrected chi connectivity index (χ0v) is 15.0. The van der Waals surface area contributed by atoms with Gasteiger partial charge in [0.15, 0.2) is 0 Å². The average Bonchev–Trinajstić information content (AvgIpc) is 3.36. The molecule has 2 aromatic carbocycles. The first-order chi connectivity index (χ1) is 13.2. The van der Waals surface area contributed by atoms with Crippen molar-refractivity contribution in [2.75, 3.05) is 7.11 Å². The molecule has 0 atom stereocenters. The molecule has 0 saturated heterocycles. The molecule has 0 aliphatic heterocycles. The molecule has 0 fully saturated rings. The minimum absolute atomic E-state index is 0.432. The fourth-order valence-corrected chi connectivity index (χ4v) is 2.86. The van der Waals surface area contributed by atoms with Crippen LogP contribution in [0, 0.1) is 0 Å². The molecule has 27 heavy (non-hydrogen) atoms. The van der Waals surface area contributed by atoms with Crippen molar-refractivity contribution >= 4 is 12.2 Å². The van der Waals surface area contributed by atoms with Crippen molar-refractivity contribution in [1.82, 2.24) is 19.9 Å². The minimum atomic E-state index is 0.432. The minimum Gasteiger partial charge on any atom is -0.496 e. The highest BCUT2D eigenvalue weighted by molar-refractivity contribution is 5.71. The van der Waals surface area contributed by atoms with Crippen LogP contribution in [0.4, 0.5) is 0 Å². The Labute approximate surface area is 156 Å². The fourth-order valence-electron chi connectivity index (χ4n) is 2.86. The number of aryl methyl sites for hydroxylation is 1. The van der Waals surface area contributed by atoms with Gasteiger partial charge in [-0.25, -0.2) is 0 Å². The highest BCUT2D eigenvalue weighted by Gasteiger charge is 2.09. The molecule has 0 N–H and O–H groups in total. The Bertz CT molecular complexity index is 1090. The summed E-state index contributed by atoms with van der Waals surface area (Å²) in [5.74, 6) is 1.76. The molecular weight excluding hydrogens is 340 g/mol. The van der Waals surface area contributed by atoms with Gasteiger partial charge >= 0.3 is 0 Å². The second-order valence-corrected chi connectivity index (χ2v) is 5.95. The van der Waals surface area contributed by atoms with E-state index >= 15 is 0 Å². The lowest BCUT2D eigenvalue weighted by atomic mass is 10.1. The molecule has 0 bridgehead atoms. The molecule has 0 saturated carbocycles. The number of nitrogens with zero attached hydrogens (tertiary/aromatic N) is 4. The van der Waals surface area contributed by atoms with Gasteiger partial charge in [0.1, 0.15) is 5.75 Å². The number of hydrogen-bond donors (Lipinski definition) is 0. The number of aromatic nitrogens is 4. The first-order valence-corrected chi connectivity index (χ1v) is 8.48. The molecular formula is C21H18N4O2. The Kier molecular flexibility index (Phi) is 4.53. The first-order valence-electron chi connectivity index (χ1n) is 8.48. The lowest BCUT2D eigenvalue weighted by Crippen LogP contribution is -1.93. The van der Waals surface area contributed by atoms with E-state index in [1.165, 1.54) is 0 Å². The fraction of sp³-hybridized carbons (Fsp3) is 0.0952. The number of ether oxygens (including phenoxy) is 1. The van der Waals surface area contributed by atoms with Gasteiger partial charge in [-0.2, -0.15) is 10.1 Å². The van der Waals surface area contributed by atoms with Crippen LogP contribution in [-0.4, -0.2) is 27.0 Å². The maximum absolute atomic E-state index is 5.36. The van der Waals surface area contributed by atoms with Crippen LogP contribution in [0.2, 0.25) is 0 Å². The smallest absolute Gasteiger partial charge is 0.250 e. The molecule has 0 aliphatic carbocycles. The molecule has 4 rings (SSSR count). The molecule has 6 heteroatoms. The van der Waals surface area contributed by atoms with Crippen molar-refractivity contribution in [3.8, 4) is 28.4 Å². The van der Waals surface area contributed by atoms with Crippen LogP contribution in [0.3, 0.4) is 0 Å². The number of para-hydroxylation sites is 1. The van der Waals surface area contributed by atoms with E-state index in [1.54, 1.807) is 19.4 Å². The maximum atomic E-state index is 5.36. The van der Waals surface area contributed by atoms with Crippen LogP contribution in [0.25, 0.3) is 34.8 Å². The largest absolute Gasteiger partial charge is 0.496 e. The summed E-state index contributed by atoms with van der Waals surface area (Å²) in [5.41, 5.74) is 3.90. The molecule has 2 heterocycles. The van der Waals surface area contributed by atoms with Crippen molar-refractivity contribution in [1.29, 1.82) is 0 Å². The third-order valence-electron chi connectivity index (χ3n) is 4.22. The molecule has 2 aromatic heterocycles. The highest BCUT2D eigenvalue weighted by atomic mass is 16.5. The molecule has 0 unspecified atom stereocenters. The van der Waals surface area contributed by atoms with Gasteiger partial charge in [0.05, 0.1) is 12.8 Å². The maximum Gasteiger partial charge on any atom is 0.250 e. The van der Waals surface area contributed by atoms with Crippen LogP contribution >= 0.6 is 0 Å². The van der Waals surface area contributed by atoms with Gasteiger partial charge < -0.3 is 9.26 Å². The monoisotopic (exact) mass is 358 g/mol. The van der Waals surface area contributed by atoms with Gasteiger partial charge in [-0.1, -0.05) is 41.6 Å². The van der Waals surface area contributed by atoms with Gasteiger partial charge in [-0.15, -0.1) is 0 Å². The SMILES string of the molecule is COc1ccccc1/C=C/c1nc(-c2cccc(-c3ccnn3C)c2)no1.